The molecular weight excluding hydrogens is 332 g/mol. The van der Waals surface area contributed by atoms with Crippen LogP contribution in [-0.4, -0.2) is 27.4 Å². The largest absolute Gasteiger partial charge is 0.508 e. The predicted octanol–water partition coefficient (Wildman–Crippen LogP) is 4.17. The number of ketones is 1. The lowest BCUT2D eigenvalue weighted by molar-refractivity contribution is -0.137. The smallest absolute Gasteiger partial charge is 0.195 e. The Bertz CT molecular complexity index is 865. The van der Waals surface area contributed by atoms with Gasteiger partial charge in [0.25, 0.3) is 0 Å². The monoisotopic (exact) mass is 354 g/mol. The van der Waals surface area contributed by atoms with Gasteiger partial charge in [-0.1, -0.05) is 5.57 Å². The summed E-state index contributed by atoms with van der Waals surface area (Å²) in [5.41, 5.74) is 3.57. The van der Waals surface area contributed by atoms with Gasteiger partial charge in [0.05, 0.1) is 0 Å². The molecule has 25 heavy (non-hydrogen) atoms. The Balaban J connectivity index is 1.68. The number of carbonyl (C=O) groups excluding carboxylic acids is 1. The summed E-state index contributed by atoms with van der Waals surface area (Å²) in [5.74, 6) is 0.905. The van der Waals surface area contributed by atoms with Crippen molar-refractivity contribution in [3.8, 4) is 5.75 Å². The van der Waals surface area contributed by atoms with E-state index in [4.69, 9.17) is 0 Å². The number of phenolic OH excluding ortho intramolecular Hbond substituents is 1. The summed E-state index contributed by atoms with van der Waals surface area (Å²) < 4.78 is 0. The minimum Gasteiger partial charge on any atom is -0.508 e. The van der Waals surface area contributed by atoms with Crippen LogP contribution in [0.3, 0.4) is 0 Å². The third kappa shape index (κ3) is 2.27. The van der Waals surface area contributed by atoms with Crippen LogP contribution in [-0.2, 0) is 4.79 Å². The van der Waals surface area contributed by atoms with Gasteiger partial charge in [-0.3, -0.25) is 4.79 Å². The highest BCUT2D eigenvalue weighted by molar-refractivity contribution is 7.99. The number of phenols is 1. The van der Waals surface area contributed by atoms with Gasteiger partial charge in [0.1, 0.15) is 11.4 Å². The summed E-state index contributed by atoms with van der Waals surface area (Å²) in [6, 6.07) is 7.18. The fourth-order valence-corrected chi connectivity index (χ4v) is 5.31. The molecule has 0 amide bonds. The molecule has 0 unspecified atom stereocenters. The SMILES string of the molecule is CC1=C(CSc2ccc(O)cc2)C2=C(C)C3(CC3)[C@@](C)(O)C(=O)C2=C1. The molecule has 1 fully saturated rings. The van der Waals surface area contributed by atoms with E-state index in [0.29, 0.717) is 5.57 Å². The summed E-state index contributed by atoms with van der Waals surface area (Å²) in [4.78, 5) is 14.0. The van der Waals surface area contributed by atoms with Crippen molar-refractivity contribution < 1.29 is 15.0 Å². The maximum atomic E-state index is 12.9. The number of aromatic hydroxyl groups is 1. The Morgan fingerprint density at radius 3 is 2.40 bits per heavy atom. The van der Waals surface area contributed by atoms with Gasteiger partial charge < -0.3 is 10.2 Å². The van der Waals surface area contributed by atoms with E-state index in [1.54, 1.807) is 30.8 Å². The van der Waals surface area contributed by atoms with E-state index in [2.05, 4.69) is 6.92 Å². The standard InChI is InChI=1S/C21H22O3S/c1-12-10-16-18(13(2)21(8-9-21)20(3,24)19(16)23)17(12)11-25-15-6-4-14(22)5-7-15/h4-7,10,22,24H,8-9,11H2,1-3H3/t20-/m0/s1. The van der Waals surface area contributed by atoms with Crippen LogP contribution in [0.5, 0.6) is 5.75 Å². The quantitative estimate of drug-likeness (QED) is 0.800. The van der Waals surface area contributed by atoms with E-state index in [0.717, 1.165) is 34.6 Å². The fraction of sp³-hybridized carbons (Fsp3) is 0.381. The zero-order chi connectivity index (χ0) is 18.0. The summed E-state index contributed by atoms with van der Waals surface area (Å²) >= 11 is 1.70. The fourth-order valence-electron chi connectivity index (χ4n) is 4.30. The van der Waals surface area contributed by atoms with Crippen molar-refractivity contribution in [2.24, 2.45) is 5.41 Å². The summed E-state index contributed by atoms with van der Waals surface area (Å²) in [6.07, 6.45) is 3.70. The molecule has 0 radical (unpaired) electrons. The van der Waals surface area contributed by atoms with Crippen LogP contribution in [0, 0.1) is 5.41 Å². The van der Waals surface area contributed by atoms with Gasteiger partial charge in [0.15, 0.2) is 5.78 Å². The molecule has 4 heteroatoms. The molecule has 0 aliphatic heterocycles. The van der Waals surface area contributed by atoms with Gasteiger partial charge in [0.2, 0.25) is 0 Å². The van der Waals surface area contributed by atoms with Crippen LogP contribution in [0.25, 0.3) is 0 Å². The first-order valence-corrected chi connectivity index (χ1v) is 9.59. The van der Waals surface area contributed by atoms with Crippen molar-refractivity contribution in [3.05, 3.63) is 58.2 Å². The van der Waals surface area contributed by atoms with E-state index in [-0.39, 0.29) is 16.9 Å². The van der Waals surface area contributed by atoms with E-state index < -0.39 is 5.60 Å². The number of hydrogen-bond donors (Lipinski definition) is 2. The van der Waals surface area contributed by atoms with Crippen molar-refractivity contribution in [2.75, 3.05) is 5.75 Å². The Kier molecular flexibility index (Phi) is 3.57. The normalized spacial score (nSPS) is 27.0. The summed E-state index contributed by atoms with van der Waals surface area (Å²) in [7, 11) is 0. The summed E-state index contributed by atoms with van der Waals surface area (Å²) in [6.45, 7) is 5.81. The van der Waals surface area contributed by atoms with Crippen molar-refractivity contribution in [2.45, 2.75) is 44.1 Å². The van der Waals surface area contributed by atoms with E-state index >= 15 is 0 Å². The minimum atomic E-state index is -1.29. The molecule has 2 N–H and O–H groups in total. The third-order valence-corrected chi connectivity index (χ3v) is 7.13. The molecule has 1 aromatic carbocycles. The number of benzene rings is 1. The molecule has 1 saturated carbocycles. The minimum absolute atomic E-state index is 0.130. The van der Waals surface area contributed by atoms with Crippen LogP contribution >= 0.6 is 11.8 Å². The molecule has 3 nitrogen and oxygen atoms in total. The Hall–Kier alpha value is -1.78. The number of hydrogen-bond acceptors (Lipinski definition) is 4. The zero-order valence-corrected chi connectivity index (χ0v) is 15.5. The number of Topliss-reactive ketones (excluding diaryl/α,β-unsaturated/α-hetero) is 1. The molecule has 0 saturated heterocycles. The molecule has 0 aromatic heterocycles. The predicted molar refractivity (Wildman–Crippen MR) is 99.6 cm³/mol. The van der Waals surface area contributed by atoms with Gasteiger partial charge >= 0.3 is 0 Å². The number of thioether (sulfide) groups is 1. The molecule has 1 aromatic rings. The third-order valence-electron chi connectivity index (χ3n) is 6.09. The maximum Gasteiger partial charge on any atom is 0.195 e. The lowest BCUT2D eigenvalue weighted by atomic mass is 9.67. The molecule has 130 valence electrons. The Morgan fingerprint density at radius 1 is 1.16 bits per heavy atom. The highest BCUT2D eigenvalue weighted by Crippen LogP contribution is 2.65. The lowest BCUT2D eigenvalue weighted by Crippen LogP contribution is -2.49. The van der Waals surface area contributed by atoms with Crippen LogP contribution in [0.2, 0.25) is 0 Å². The molecular formula is C21H22O3S. The first-order valence-electron chi connectivity index (χ1n) is 8.60. The van der Waals surface area contributed by atoms with E-state index in [1.165, 1.54) is 11.1 Å². The van der Waals surface area contributed by atoms with E-state index in [1.807, 2.05) is 25.1 Å². The molecule has 0 bridgehead atoms. The van der Waals surface area contributed by atoms with Crippen molar-refractivity contribution in [1.29, 1.82) is 0 Å². The highest BCUT2D eigenvalue weighted by Gasteiger charge is 2.64. The Morgan fingerprint density at radius 2 is 1.80 bits per heavy atom. The van der Waals surface area contributed by atoms with E-state index in [9.17, 15) is 15.0 Å². The summed E-state index contributed by atoms with van der Waals surface area (Å²) in [5, 5.41) is 20.3. The number of aliphatic hydroxyl groups is 1. The zero-order valence-electron chi connectivity index (χ0n) is 14.7. The van der Waals surface area contributed by atoms with Gasteiger partial charge in [-0.2, -0.15) is 0 Å². The lowest BCUT2D eigenvalue weighted by Gasteiger charge is -2.39. The molecule has 3 aliphatic carbocycles. The average Bonchev–Trinajstić information content (AvgIpc) is 3.32. The number of carbonyl (C=O) groups is 1. The van der Waals surface area contributed by atoms with Crippen molar-refractivity contribution >= 4 is 17.5 Å². The topological polar surface area (TPSA) is 57.5 Å². The number of fused-ring (bicyclic) bond motifs is 1. The van der Waals surface area contributed by atoms with Crippen LogP contribution < -0.4 is 0 Å². The molecule has 3 aliphatic rings. The first kappa shape index (κ1) is 16.7. The van der Waals surface area contributed by atoms with Gasteiger partial charge in [-0.25, -0.2) is 0 Å². The van der Waals surface area contributed by atoms with Crippen molar-refractivity contribution in [1.82, 2.24) is 0 Å². The van der Waals surface area contributed by atoms with Crippen LogP contribution in [0.15, 0.2) is 63.1 Å². The molecule has 1 atom stereocenters. The van der Waals surface area contributed by atoms with Gasteiger partial charge in [-0.15, -0.1) is 11.8 Å². The van der Waals surface area contributed by atoms with Crippen LogP contribution in [0.4, 0.5) is 0 Å². The molecule has 0 heterocycles. The first-order chi connectivity index (χ1) is 11.8. The number of allylic oxidation sites excluding steroid dienone is 3. The highest BCUT2D eigenvalue weighted by atomic mass is 32.2. The van der Waals surface area contributed by atoms with Crippen molar-refractivity contribution in [3.63, 3.8) is 0 Å². The number of rotatable bonds is 3. The molecule has 4 rings (SSSR count). The van der Waals surface area contributed by atoms with Crippen LogP contribution in [0.1, 0.15) is 33.6 Å². The average molecular weight is 354 g/mol. The maximum absolute atomic E-state index is 12.9. The second-order valence-electron chi connectivity index (χ2n) is 7.49. The second kappa shape index (κ2) is 5.36. The van der Waals surface area contributed by atoms with Gasteiger partial charge in [-0.05, 0) is 80.7 Å². The van der Waals surface area contributed by atoms with Gasteiger partial charge in [0, 0.05) is 21.6 Å². The Labute approximate surface area is 152 Å². The second-order valence-corrected chi connectivity index (χ2v) is 8.53. The molecule has 1 spiro atoms.